The molecule has 0 bridgehead atoms. The zero-order valence-corrected chi connectivity index (χ0v) is 15.1. The largest absolute Gasteiger partial charge is 0.481 e. The SMILES string of the molecule is Cc1ccccc1-c1nc2cc(NC(=O)COc3ccccc3F)ccc2o1. The molecule has 0 fully saturated rings. The molecule has 0 aliphatic carbocycles. The van der Waals surface area contributed by atoms with Gasteiger partial charge in [0.05, 0.1) is 0 Å². The van der Waals surface area contributed by atoms with Crippen molar-refractivity contribution >= 4 is 22.7 Å². The van der Waals surface area contributed by atoms with Gasteiger partial charge in [-0.05, 0) is 48.9 Å². The third kappa shape index (κ3) is 3.71. The van der Waals surface area contributed by atoms with Gasteiger partial charge in [0.1, 0.15) is 5.52 Å². The molecule has 4 rings (SSSR count). The number of anilines is 1. The highest BCUT2D eigenvalue weighted by Gasteiger charge is 2.12. The quantitative estimate of drug-likeness (QED) is 0.535. The number of fused-ring (bicyclic) bond motifs is 1. The van der Waals surface area contributed by atoms with Crippen molar-refractivity contribution in [1.29, 1.82) is 0 Å². The maximum atomic E-state index is 13.5. The second-order valence-electron chi connectivity index (χ2n) is 6.28. The molecule has 5 nitrogen and oxygen atoms in total. The molecule has 0 radical (unpaired) electrons. The second kappa shape index (κ2) is 7.52. The molecule has 0 unspecified atom stereocenters. The first-order valence-corrected chi connectivity index (χ1v) is 8.74. The highest BCUT2D eigenvalue weighted by molar-refractivity contribution is 5.94. The van der Waals surface area contributed by atoms with Gasteiger partial charge in [0.2, 0.25) is 5.89 Å². The number of nitrogens with one attached hydrogen (secondary N) is 1. The van der Waals surface area contributed by atoms with E-state index in [1.165, 1.54) is 12.1 Å². The number of halogens is 1. The lowest BCUT2D eigenvalue weighted by atomic mass is 10.1. The molecule has 0 spiro atoms. The molecular weight excluding hydrogens is 359 g/mol. The van der Waals surface area contributed by atoms with E-state index in [-0.39, 0.29) is 12.4 Å². The first-order valence-electron chi connectivity index (χ1n) is 8.74. The van der Waals surface area contributed by atoms with Gasteiger partial charge in [-0.15, -0.1) is 0 Å². The van der Waals surface area contributed by atoms with E-state index < -0.39 is 11.7 Å². The minimum absolute atomic E-state index is 0.0347. The maximum Gasteiger partial charge on any atom is 0.262 e. The lowest BCUT2D eigenvalue weighted by Crippen LogP contribution is -2.20. The molecule has 0 saturated carbocycles. The number of carbonyl (C=O) groups is 1. The third-order valence-electron chi connectivity index (χ3n) is 4.24. The monoisotopic (exact) mass is 376 g/mol. The first kappa shape index (κ1) is 17.7. The molecule has 6 heteroatoms. The van der Waals surface area contributed by atoms with Crippen LogP contribution in [-0.2, 0) is 4.79 Å². The molecule has 1 heterocycles. The fourth-order valence-corrected chi connectivity index (χ4v) is 2.84. The summed E-state index contributed by atoms with van der Waals surface area (Å²) in [6, 6.07) is 19.0. The van der Waals surface area contributed by atoms with Crippen molar-refractivity contribution < 1.29 is 18.3 Å². The first-order chi connectivity index (χ1) is 13.6. The number of aromatic nitrogens is 1. The Labute approximate surface area is 160 Å². The number of aryl methyl sites for hydroxylation is 1. The predicted molar refractivity (Wildman–Crippen MR) is 105 cm³/mol. The minimum atomic E-state index is -0.511. The van der Waals surface area contributed by atoms with Gasteiger partial charge in [-0.2, -0.15) is 0 Å². The number of rotatable bonds is 5. The van der Waals surface area contributed by atoms with Crippen LogP contribution in [0.3, 0.4) is 0 Å². The number of benzene rings is 3. The van der Waals surface area contributed by atoms with Gasteiger partial charge < -0.3 is 14.5 Å². The van der Waals surface area contributed by atoms with E-state index in [4.69, 9.17) is 9.15 Å². The summed E-state index contributed by atoms with van der Waals surface area (Å²) in [6.07, 6.45) is 0. The van der Waals surface area contributed by atoms with Crippen molar-refractivity contribution in [3.05, 3.63) is 78.1 Å². The van der Waals surface area contributed by atoms with Crippen LogP contribution in [0.4, 0.5) is 10.1 Å². The number of hydrogen-bond acceptors (Lipinski definition) is 4. The van der Waals surface area contributed by atoms with Gasteiger partial charge in [-0.25, -0.2) is 9.37 Å². The summed E-state index contributed by atoms with van der Waals surface area (Å²) in [5.74, 6) is -0.347. The number of nitrogens with zero attached hydrogens (tertiary/aromatic N) is 1. The molecule has 1 amide bonds. The fourth-order valence-electron chi connectivity index (χ4n) is 2.84. The molecular formula is C22H17FN2O3. The Morgan fingerprint density at radius 1 is 1.11 bits per heavy atom. The Kier molecular flexibility index (Phi) is 4.76. The molecule has 0 atom stereocenters. The normalized spacial score (nSPS) is 10.8. The van der Waals surface area contributed by atoms with Gasteiger partial charge in [0, 0.05) is 11.3 Å². The number of oxazole rings is 1. The van der Waals surface area contributed by atoms with Crippen molar-refractivity contribution in [2.45, 2.75) is 6.92 Å². The highest BCUT2D eigenvalue weighted by Crippen LogP contribution is 2.28. The number of para-hydroxylation sites is 1. The van der Waals surface area contributed by atoms with Crippen molar-refractivity contribution in [3.8, 4) is 17.2 Å². The summed E-state index contributed by atoms with van der Waals surface area (Å²) >= 11 is 0. The summed E-state index contributed by atoms with van der Waals surface area (Å²) < 4.78 is 24.6. The van der Waals surface area contributed by atoms with Crippen LogP contribution >= 0.6 is 0 Å². The van der Waals surface area contributed by atoms with Gasteiger partial charge >= 0.3 is 0 Å². The van der Waals surface area contributed by atoms with E-state index in [0.29, 0.717) is 22.7 Å². The Balaban J connectivity index is 1.48. The van der Waals surface area contributed by atoms with Crippen LogP contribution < -0.4 is 10.1 Å². The smallest absolute Gasteiger partial charge is 0.262 e. The highest BCUT2D eigenvalue weighted by atomic mass is 19.1. The van der Waals surface area contributed by atoms with E-state index in [1.807, 2.05) is 31.2 Å². The van der Waals surface area contributed by atoms with Crippen LogP contribution in [0.2, 0.25) is 0 Å². The lowest BCUT2D eigenvalue weighted by Gasteiger charge is -2.08. The Morgan fingerprint density at radius 2 is 1.89 bits per heavy atom. The van der Waals surface area contributed by atoms with Crippen LogP contribution in [0.1, 0.15) is 5.56 Å². The van der Waals surface area contributed by atoms with E-state index in [0.717, 1.165) is 11.1 Å². The molecule has 28 heavy (non-hydrogen) atoms. The standard InChI is InChI=1S/C22H17FN2O3/c1-14-6-2-3-7-16(14)22-25-18-12-15(10-11-20(18)28-22)24-21(26)13-27-19-9-5-4-8-17(19)23/h2-12H,13H2,1H3,(H,24,26). The molecule has 0 aliphatic rings. The molecule has 3 aromatic carbocycles. The third-order valence-corrected chi connectivity index (χ3v) is 4.24. The summed E-state index contributed by atoms with van der Waals surface area (Å²) in [4.78, 5) is 16.6. The van der Waals surface area contributed by atoms with Gasteiger partial charge in [0.25, 0.3) is 5.91 Å². The van der Waals surface area contributed by atoms with Gasteiger partial charge in [-0.3, -0.25) is 4.79 Å². The predicted octanol–water partition coefficient (Wildman–Crippen LogP) is 4.96. The summed E-state index contributed by atoms with van der Waals surface area (Å²) in [7, 11) is 0. The maximum absolute atomic E-state index is 13.5. The molecule has 140 valence electrons. The number of carbonyl (C=O) groups excluding carboxylic acids is 1. The zero-order chi connectivity index (χ0) is 19.5. The van der Waals surface area contributed by atoms with Crippen molar-refractivity contribution in [1.82, 2.24) is 4.98 Å². The Morgan fingerprint density at radius 3 is 2.71 bits per heavy atom. The van der Waals surface area contributed by atoms with E-state index >= 15 is 0 Å². The molecule has 0 saturated heterocycles. The van der Waals surface area contributed by atoms with Crippen LogP contribution in [0.15, 0.2) is 71.1 Å². The van der Waals surface area contributed by atoms with E-state index in [9.17, 15) is 9.18 Å². The van der Waals surface area contributed by atoms with Gasteiger partial charge in [-0.1, -0.05) is 30.3 Å². The van der Waals surface area contributed by atoms with Crippen molar-refractivity contribution in [3.63, 3.8) is 0 Å². The Hall–Kier alpha value is -3.67. The average Bonchev–Trinajstić information content (AvgIpc) is 3.11. The lowest BCUT2D eigenvalue weighted by molar-refractivity contribution is -0.118. The molecule has 0 aliphatic heterocycles. The summed E-state index contributed by atoms with van der Waals surface area (Å²) in [5, 5.41) is 2.72. The van der Waals surface area contributed by atoms with Gasteiger partial charge in [0.15, 0.2) is 23.8 Å². The Bertz CT molecular complexity index is 1150. The summed E-state index contributed by atoms with van der Waals surface area (Å²) in [5.41, 5.74) is 3.79. The zero-order valence-electron chi connectivity index (χ0n) is 15.1. The van der Waals surface area contributed by atoms with E-state index in [2.05, 4.69) is 10.3 Å². The molecule has 4 aromatic rings. The summed E-state index contributed by atoms with van der Waals surface area (Å²) in [6.45, 7) is 1.69. The second-order valence-corrected chi connectivity index (χ2v) is 6.28. The molecule has 1 N–H and O–H groups in total. The number of amides is 1. The van der Waals surface area contributed by atoms with E-state index in [1.54, 1.807) is 30.3 Å². The fraction of sp³-hybridized carbons (Fsp3) is 0.0909. The van der Waals surface area contributed by atoms with Crippen LogP contribution in [-0.4, -0.2) is 17.5 Å². The minimum Gasteiger partial charge on any atom is -0.481 e. The number of ether oxygens (including phenoxy) is 1. The number of hydrogen-bond donors (Lipinski definition) is 1. The average molecular weight is 376 g/mol. The van der Waals surface area contributed by atoms with Crippen LogP contribution in [0, 0.1) is 12.7 Å². The topological polar surface area (TPSA) is 64.4 Å². The van der Waals surface area contributed by atoms with Crippen molar-refractivity contribution in [2.75, 3.05) is 11.9 Å². The van der Waals surface area contributed by atoms with Crippen LogP contribution in [0.5, 0.6) is 5.75 Å². The molecule has 1 aromatic heterocycles. The van der Waals surface area contributed by atoms with Crippen molar-refractivity contribution in [2.24, 2.45) is 0 Å². The van der Waals surface area contributed by atoms with Crippen LogP contribution in [0.25, 0.3) is 22.6 Å².